The molecular weight excluding hydrogens is 488 g/mol. The zero-order chi connectivity index (χ0) is 25.1. The first-order valence-electron chi connectivity index (χ1n) is 10.7. The van der Waals surface area contributed by atoms with E-state index in [0.29, 0.717) is 11.2 Å². The van der Waals surface area contributed by atoms with Crippen LogP contribution in [0, 0.1) is 6.92 Å². The van der Waals surface area contributed by atoms with Crippen LogP contribution in [0.25, 0.3) is 11.7 Å². The van der Waals surface area contributed by atoms with Crippen molar-refractivity contribution in [2.45, 2.75) is 19.4 Å². The maximum atomic E-state index is 13.4. The molecule has 3 heterocycles. The molecule has 4 rings (SSSR count). The molecule has 9 nitrogen and oxygen atoms in total. The Bertz CT molecular complexity index is 1400. The Kier molecular flexibility index (Phi) is 7.29. The van der Waals surface area contributed by atoms with Gasteiger partial charge in [0.25, 0.3) is 11.5 Å². The number of carbonyl (C=O) groups is 2. The second-order valence-electron chi connectivity index (χ2n) is 7.85. The second kappa shape index (κ2) is 10.4. The number of pyridine rings is 1. The third-order valence-corrected chi connectivity index (χ3v) is 6.81. The van der Waals surface area contributed by atoms with Crippen LogP contribution in [0.2, 0.25) is 0 Å². The molecule has 180 valence electrons. The van der Waals surface area contributed by atoms with Gasteiger partial charge in [-0.3, -0.25) is 23.7 Å². The Hall–Kier alpha value is -3.54. The molecule has 35 heavy (non-hydrogen) atoms. The summed E-state index contributed by atoms with van der Waals surface area (Å²) in [5.41, 5.74) is 1.66. The lowest BCUT2D eigenvalue weighted by molar-refractivity contribution is -0.137. The normalized spacial score (nSPS) is 15.7. The number of benzene rings is 1. The molecular formula is C24H22N4O5S2. The number of nitrogens with one attached hydrogen (secondary N) is 1. The van der Waals surface area contributed by atoms with Crippen molar-refractivity contribution in [3.8, 4) is 0 Å². The van der Waals surface area contributed by atoms with Gasteiger partial charge in [0.15, 0.2) is 0 Å². The van der Waals surface area contributed by atoms with E-state index in [-0.39, 0.29) is 40.1 Å². The summed E-state index contributed by atoms with van der Waals surface area (Å²) in [7, 11) is 0. The summed E-state index contributed by atoms with van der Waals surface area (Å²) in [6.45, 7) is 1.86. The van der Waals surface area contributed by atoms with Gasteiger partial charge in [-0.05, 0) is 30.2 Å². The summed E-state index contributed by atoms with van der Waals surface area (Å²) in [5.74, 6) is -1.29. The van der Waals surface area contributed by atoms with Crippen LogP contribution in [0.3, 0.4) is 0 Å². The first-order chi connectivity index (χ1) is 16.8. The number of aliphatic hydroxyl groups is 1. The van der Waals surface area contributed by atoms with E-state index in [2.05, 4.69) is 10.3 Å². The van der Waals surface area contributed by atoms with Crippen LogP contribution in [0.4, 0.5) is 5.82 Å². The number of fused-ring (bicyclic) bond motifs is 1. The molecule has 0 bridgehead atoms. The Morgan fingerprint density at radius 2 is 1.97 bits per heavy atom. The Balaban J connectivity index is 1.73. The molecule has 1 unspecified atom stereocenters. The van der Waals surface area contributed by atoms with E-state index in [1.807, 2.05) is 31.2 Å². The van der Waals surface area contributed by atoms with Gasteiger partial charge in [-0.15, -0.1) is 0 Å². The topological polar surface area (TPSA) is 124 Å². The van der Waals surface area contributed by atoms with Gasteiger partial charge in [-0.25, -0.2) is 4.98 Å². The van der Waals surface area contributed by atoms with E-state index >= 15 is 0 Å². The van der Waals surface area contributed by atoms with Gasteiger partial charge in [0.05, 0.1) is 23.0 Å². The minimum Gasteiger partial charge on any atom is -0.481 e. The highest BCUT2D eigenvalue weighted by Crippen LogP contribution is 2.33. The first kappa shape index (κ1) is 24.6. The van der Waals surface area contributed by atoms with Crippen molar-refractivity contribution < 1.29 is 19.8 Å². The van der Waals surface area contributed by atoms with Crippen molar-refractivity contribution in [1.82, 2.24) is 14.3 Å². The summed E-state index contributed by atoms with van der Waals surface area (Å²) in [6, 6.07) is 12.6. The maximum absolute atomic E-state index is 13.4. The number of carbonyl (C=O) groups excluding carboxylic acids is 1. The fourth-order valence-electron chi connectivity index (χ4n) is 3.59. The molecule has 1 atom stereocenters. The van der Waals surface area contributed by atoms with E-state index in [1.54, 1.807) is 24.4 Å². The molecule has 1 amide bonds. The molecule has 0 aliphatic carbocycles. The third kappa shape index (κ3) is 5.26. The van der Waals surface area contributed by atoms with Gasteiger partial charge in [-0.1, -0.05) is 60.4 Å². The highest BCUT2D eigenvalue weighted by molar-refractivity contribution is 8.26. The van der Waals surface area contributed by atoms with Crippen molar-refractivity contribution >= 4 is 57.7 Å². The van der Waals surface area contributed by atoms with E-state index in [4.69, 9.17) is 17.3 Å². The molecule has 1 aromatic carbocycles. The molecule has 0 radical (unpaired) electrons. The summed E-state index contributed by atoms with van der Waals surface area (Å²) in [6.07, 6.45) is 1.91. The van der Waals surface area contributed by atoms with E-state index in [0.717, 1.165) is 17.3 Å². The molecule has 1 aliphatic heterocycles. The molecule has 11 heteroatoms. The van der Waals surface area contributed by atoms with Gasteiger partial charge < -0.3 is 15.5 Å². The zero-order valence-corrected chi connectivity index (χ0v) is 20.3. The molecule has 1 aliphatic rings. The number of carboxylic acids is 1. The average molecular weight is 511 g/mol. The quantitative estimate of drug-likeness (QED) is 0.310. The first-order valence-corrected chi connectivity index (χ1v) is 11.9. The van der Waals surface area contributed by atoms with Crippen LogP contribution >= 0.6 is 24.0 Å². The van der Waals surface area contributed by atoms with Crippen molar-refractivity contribution in [3.63, 3.8) is 0 Å². The van der Waals surface area contributed by atoms with Gasteiger partial charge in [-0.2, -0.15) is 0 Å². The standard InChI is InChI=1S/C24H22N4O5S2/c1-14-6-5-10-27-21(14)26-20(25-13-17(29)15-7-3-2-4-8-15)16(22(27)32)12-18-23(33)28(24(34)35-18)11-9-19(30)31/h2-8,10,12,17,25,29H,9,11,13H2,1H3,(H,30,31). The van der Waals surface area contributed by atoms with Crippen LogP contribution in [0.5, 0.6) is 0 Å². The number of amides is 1. The Morgan fingerprint density at radius 1 is 1.23 bits per heavy atom. The highest BCUT2D eigenvalue weighted by Gasteiger charge is 2.32. The maximum Gasteiger partial charge on any atom is 0.305 e. The number of carboxylic acid groups (broad SMARTS) is 1. The van der Waals surface area contributed by atoms with E-state index < -0.39 is 23.5 Å². The molecule has 0 spiro atoms. The number of aromatic nitrogens is 2. The number of thiocarbonyl (C=S) groups is 1. The van der Waals surface area contributed by atoms with Crippen molar-refractivity contribution in [2.75, 3.05) is 18.4 Å². The lowest BCUT2D eigenvalue weighted by Crippen LogP contribution is -2.30. The Morgan fingerprint density at radius 3 is 2.69 bits per heavy atom. The van der Waals surface area contributed by atoms with Crippen molar-refractivity contribution in [2.24, 2.45) is 0 Å². The second-order valence-corrected chi connectivity index (χ2v) is 9.52. The number of rotatable bonds is 8. The SMILES string of the molecule is Cc1cccn2c(=O)c(C=C3SC(=S)N(CCC(=O)O)C3=O)c(NCC(O)c3ccccc3)nc12. The summed E-state index contributed by atoms with van der Waals surface area (Å²) < 4.78 is 1.62. The van der Waals surface area contributed by atoms with Crippen LogP contribution in [0.1, 0.15) is 29.2 Å². The fraction of sp³-hybridized carbons (Fsp3) is 0.208. The smallest absolute Gasteiger partial charge is 0.305 e. The predicted octanol–water partition coefficient (Wildman–Crippen LogP) is 2.82. The van der Waals surface area contributed by atoms with Gasteiger partial charge >= 0.3 is 5.97 Å². The lowest BCUT2D eigenvalue weighted by Gasteiger charge is -2.15. The summed E-state index contributed by atoms with van der Waals surface area (Å²) >= 11 is 6.25. The monoisotopic (exact) mass is 510 g/mol. The van der Waals surface area contributed by atoms with Crippen molar-refractivity contribution in [1.29, 1.82) is 0 Å². The molecule has 1 fully saturated rings. The predicted molar refractivity (Wildman–Crippen MR) is 138 cm³/mol. The fourth-order valence-corrected chi connectivity index (χ4v) is 4.88. The highest BCUT2D eigenvalue weighted by atomic mass is 32.2. The number of hydrogen-bond donors (Lipinski definition) is 3. The van der Waals surface area contributed by atoms with Gasteiger partial charge in [0, 0.05) is 19.3 Å². The number of nitrogens with zero attached hydrogens (tertiary/aromatic N) is 3. The average Bonchev–Trinajstić information content (AvgIpc) is 3.11. The number of anilines is 1. The lowest BCUT2D eigenvalue weighted by atomic mass is 10.1. The summed E-state index contributed by atoms with van der Waals surface area (Å²) in [4.78, 5) is 43.3. The molecule has 2 aromatic heterocycles. The molecule has 1 saturated heterocycles. The van der Waals surface area contributed by atoms with E-state index in [1.165, 1.54) is 15.4 Å². The molecule has 3 aromatic rings. The minimum atomic E-state index is -1.04. The van der Waals surface area contributed by atoms with Crippen LogP contribution in [0.15, 0.2) is 58.4 Å². The minimum absolute atomic E-state index is 0.0557. The van der Waals surface area contributed by atoms with Gasteiger partial charge in [0.2, 0.25) is 0 Å². The summed E-state index contributed by atoms with van der Waals surface area (Å²) in [5, 5.41) is 22.6. The van der Waals surface area contributed by atoms with Crippen molar-refractivity contribution in [3.05, 3.63) is 80.6 Å². The number of aliphatic hydroxyl groups excluding tert-OH is 1. The van der Waals surface area contributed by atoms with Crippen LogP contribution < -0.4 is 10.9 Å². The number of aliphatic carboxylic acids is 1. The zero-order valence-electron chi connectivity index (χ0n) is 18.7. The van der Waals surface area contributed by atoms with Crippen LogP contribution in [-0.4, -0.2) is 53.8 Å². The third-order valence-electron chi connectivity index (χ3n) is 5.43. The number of thioether (sulfide) groups is 1. The number of hydrogen-bond acceptors (Lipinski definition) is 8. The molecule has 3 N–H and O–H groups in total. The Labute approximate surface area is 210 Å². The van der Waals surface area contributed by atoms with Gasteiger partial charge in [0.1, 0.15) is 15.8 Å². The largest absolute Gasteiger partial charge is 0.481 e. The van der Waals surface area contributed by atoms with E-state index in [9.17, 15) is 19.5 Å². The molecule has 0 saturated carbocycles. The number of aryl methyl sites for hydroxylation is 1. The van der Waals surface area contributed by atoms with Crippen LogP contribution in [-0.2, 0) is 9.59 Å².